The third-order valence-corrected chi connectivity index (χ3v) is 12.2. The Morgan fingerprint density at radius 1 is 0.881 bits per heavy atom. The van der Waals surface area contributed by atoms with Crippen LogP contribution in [0.3, 0.4) is 0 Å². The van der Waals surface area contributed by atoms with Crippen LogP contribution in [-0.4, -0.2) is 62.9 Å². The van der Waals surface area contributed by atoms with Crippen molar-refractivity contribution in [1.82, 2.24) is 19.8 Å². The lowest BCUT2D eigenvalue weighted by molar-refractivity contribution is -0.135. The number of nitrogens with one attached hydrogen (secondary N) is 2. The number of aromatic nitrogens is 2. The summed E-state index contributed by atoms with van der Waals surface area (Å²) in [5, 5.41) is 5.44. The highest BCUT2D eigenvalue weighted by molar-refractivity contribution is 6.07. The van der Waals surface area contributed by atoms with Gasteiger partial charge in [0.2, 0.25) is 29.5 Å². The molecule has 5 atom stereocenters. The Bertz CT molecular complexity index is 2300. The van der Waals surface area contributed by atoms with E-state index in [1.807, 2.05) is 43.3 Å². The SMILES string of the molecule is C[C@@H](OCc1ccc(CCCCCCc2ccc3c(c2)n(C)c(=O)n3C2CCC(=O)NC2=O)cc1)[C@H](CCC(N)=O)NC(=O)[C@@H]1Cc2cccc3c2N1C(=O)[C@@H](N)CC3. The number of piperidine rings is 1. The number of fused-ring (bicyclic) bond motifs is 1. The molecule has 312 valence electrons. The Labute approximate surface area is 343 Å². The number of amides is 5. The van der Waals surface area contributed by atoms with Crippen molar-refractivity contribution < 1.29 is 28.7 Å². The lowest BCUT2D eigenvalue weighted by Crippen LogP contribution is -2.55. The molecule has 6 N–H and O–H groups in total. The van der Waals surface area contributed by atoms with E-state index in [9.17, 15) is 28.8 Å². The zero-order valence-corrected chi connectivity index (χ0v) is 33.9. The number of ether oxygens (including phenoxy) is 1. The molecule has 4 aromatic rings. The summed E-state index contributed by atoms with van der Waals surface area (Å²) in [5.41, 5.74) is 19.1. The highest BCUT2D eigenvalue weighted by Gasteiger charge is 2.43. The second-order valence-corrected chi connectivity index (χ2v) is 16.4. The van der Waals surface area contributed by atoms with Gasteiger partial charge in [0.05, 0.1) is 41.5 Å². The zero-order chi connectivity index (χ0) is 41.8. The van der Waals surface area contributed by atoms with Crippen LogP contribution in [0.15, 0.2) is 65.5 Å². The third kappa shape index (κ3) is 9.18. The van der Waals surface area contributed by atoms with E-state index in [1.54, 1.807) is 16.5 Å². The minimum absolute atomic E-state index is 0.0801. The van der Waals surface area contributed by atoms with Gasteiger partial charge in [0.1, 0.15) is 12.1 Å². The van der Waals surface area contributed by atoms with Crippen molar-refractivity contribution in [2.24, 2.45) is 18.5 Å². The van der Waals surface area contributed by atoms with Gasteiger partial charge < -0.3 is 21.5 Å². The quantitative estimate of drug-likeness (QED) is 0.0917. The van der Waals surface area contributed by atoms with Gasteiger partial charge in [-0.15, -0.1) is 0 Å². The summed E-state index contributed by atoms with van der Waals surface area (Å²) in [6.07, 6.45) is 8.12. The fourth-order valence-corrected chi connectivity index (χ4v) is 8.82. The lowest BCUT2D eigenvalue weighted by Gasteiger charge is -2.30. The number of hydrogen-bond acceptors (Lipinski definition) is 8. The first kappa shape index (κ1) is 41.6. The van der Waals surface area contributed by atoms with Crippen LogP contribution in [0, 0.1) is 0 Å². The second-order valence-electron chi connectivity index (χ2n) is 16.4. The van der Waals surface area contributed by atoms with Crippen LogP contribution in [0.2, 0.25) is 0 Å². The summed E-state index contributed by atoms with van der Waals surface area (Å²) >= 11 is 0. The number of hydrogen-bond donors (Lipinski definition) is 4. The number of unbranched alkanes of at least 4 members (excludes halogenated alkanes) is 3. The molecule has 14 nitrogen and oxygen atoms in total. The van der Waals surface area contributed by atoms with E-state index >= 15 is 0 Å². The number of imide groups is 1. The number of aryl methyl sites for hydroxylation is 4. The van der Waals surface area contributed by atoms with Gasteiger partial charge in [0.25, 0.3) is 0 Å². The number of carbonyl (C=O) groups excluding carboxylic acids is 5. The molecule has 4 heterocycles. The van der Waals surface area contributed by atoms with Crippen LogP contribution < -0.4 is 32.7 Å². The van der Waals surface area contributed by atoms with Crippen molar-refractivity contribution in [3.8, 4) is 0 Å². The largest absolute Gasteiger partial charge is 0.372 e. The molecular formula is C45H55N7O7. The fourth-order valence-electron chi connectivity index (χ4n) is 8.82. The van der Waals surface area contributed by atoms with Crippen LogP contribution in [0.4, 0.5) is 5.69 Å². The molecule has 0 spiro atoms. The molecule has 59 heavy (non-hydrogen) atoms. The molecular weight excluding hydrogens is 751 g/mol. The Balaban J connectivity index is 0.864. The van der Waals surface area contributed by atoms with Gasteiger partial charge in [0.15, 0.2) is 0 Å². The molecule has 1 fully saturated rings. The van der Waals surface area contributed by atoms with Crippen molar-refractivity contribution >= 4 is 46.3 Å². The minimum atomic E-state index is -0.736. The second kappa shape index (κ2) is 18.1. The summed E-state index contributed by atoms with van der Waals surface area (Å²) in [7, 11) is 1.71. The number of primary amides is 1. The molecule has 3 aliphatic heterocycles. The summed E-state index contributed by atoms with van der Waals surface area (Å²) < 4.78 is 9.34. The lowest BCUT2D eigenvalue weighted by atomic mass is 10.0. The standard InChI is InChI=1S/C45H55N7O7/c1-27(34(19-22-39(47)53)48-43(56)38-25-32-11-7-10-31-17-18-33(46)44(57)52(38)41(31)32)59-26-30-14-12-28(13-15-30)8-5-3-4-6-9-29-16-20-35-37(24-29)50(2)45(58)51(35)36-21-23-40(54)49-42(36)55/h7,10-16,20,24,27,33-34,36,38H,3-6,8-9,17-19,21-23,25-26,46H2,1-2H3,(H2,47,53)(H,48,56)(H,49,54,55)/t27-,33+,34+,36?,38+/m1/s1. The maximum absolute atomic E-state index is 13.8. The average Bonchev–Trinajstić information content (AvgIpc) is 3.69. The van der Waals surface area contributed by atoms with E-state index in [2.05, 4.69) is 34.9 Å². The van der Waals surface area contributed by atoms with E-state index in [4.69, 9.17) is 16.2 Å². The normalized spacial score (nSPS) is 19.9. The van der Waals surface area contributed by atoms with Crippen molar-refractivity contribution in [3.63, 3.8) is 0 Å². The molecule has 3 aliphatic rings. The zero-order valence-electron chi connectivity index (χ0n) is 33.9. The topological polar surface area (TPSA) is 201 Å². The number of anilines is 1. The van der Waals surface area contributed by atoms with Crippen LogP contribution in [0.1, 0.15) is 98.6 Å². The molecule has 7 rings (SSSR count). The van der Waals surface area contributed by atoms with Gasteiger partial charge in [-0.1, -0.05) is 61.4 Å². The van der Waals surface area contributed by atoms with E-state index in [0.717, 1.165) is 72.0 Å². The smallest absolute Gasteiger partial charge is 0.329 e. The first-order valence-electron chi connectivity index (χ1n) is 20.9. The predicted molar refractivity (Wildman–Crippen MR) is 223 cm³/mol. The van der Waals surface area contributed by atoms with Crippen LogP contribution >= 0.6 is 0 Å². The number of benzene rings is 3. The molecule has 0 aliphatic carbocycles. The van der Waals surface area contributed by atoms with Crippen LogP contribution in [0.25, 0.3) is 11.0 Å². The highest BCUT2D eigenvalue weighted by atomic mass is 16.5. The van der Waals surface area contributed by atoms with Crippen molar-refractivity contribution in [3.05, 3.63) is 99.0 Å². The Morgan fingerprint density at radius 3 is 2.31 bits per heavy atom. The first-order valence-corrected chi connectivity index (χ1v) is 20.9. The van der Waals surface area contributed by atoms with Gasteiger partial charge in [-0.05, 0) is 98.2 Å². The summed E-state index contributed by atoms with van der Waals surface area (Å²) in [6, 6.07) is 17.6. The van der Waals surface area contributed by atoms with E-state index in [1.165, 1.54) is 10.1 Å². The van der Waals surface area contributed by atoms with Gasteiger partial charge in [-0.25, -0.2) is 4.79 Å². The van der Waals surface area contributed by atoms with Gasteiger partial charge in [-0.2, -0.15) is 0 Å². The first-order chi connectivity index (χ1) is 28.4. The summed E-state index contributed by atoms with van der Waals surface area (Å²) in [6.45, 7) is 2.19. The monoisotopic (exact) mass is 805 g/mol. The molecule has 5 amide bonds. The Kier molecular flexibility index (Phi) is 12.8. The van der Waals surface area contributed by atoms with Gasteiger partial charge in [0, 0.05) is 26.3 Å². The summed E-state index contributed by atoms with van der Waals surface area (Å²) in [4.78, 5) is 77.8. The van der Waals surface area contributed by atoms with Crippen molar-refractivity contribution in [1.29, 1.82) is 0 Å². The molecule has 0 radical (unpaired) electrons. The molecule has 0 bridgehead atoms. The number of para-hydroxylation sites is 1. The molecule has 1 aromatic heterocycles. The Morgan fingerprint density at radius 2 is 1.58 bits per heavy atom. The predicted octanol–water partition coefficient (Wildman–Crippen LogP) is 3.55. The van der Waals surface area contributed by atoms with Gasteiger partial charge in [-0.3, -0.25) is 43.3 Å². The van der Waals surface area contributed by atoms with Crippen LogP contribution in [0.5, 0.6) is 0 Å². The van der Waals surface area contributed by atoms with Crippen molar-refractivity contribution in [2.45, 2.75) is 127 Å². The molecule has 1 unspecified atom stereocenters. The molecule has 14 heteroatoms. The maximum atomic E-state index is 13.8. The van der Waals surface area contributed by atoms with E-state index < -0.39 is 42.1 Å². The van der Waals surface area contributed by atoms with E-state index in [0.29, 0.717) is 44.2 Å². The van der Waals surface area contributed by atoms with Gasteiger partial charge >= 0.3 is 5.69 Å². The average molecular weight is 806 g/mol. The number of imidazole rings is 1. The Hall–Kier alpha value is -5.60. The summed E-state index contributed by atoms with van der Waals surface area (Å²) in [5.74, 6) is -1.77. The molecule has 1 saturated heterocycles. The fraction of sp³-hybridized carbons (Fsp3) is 0.467. The number of carbonyl (C=O) groups is 5. The number of rotatable bonds is 17. The third-order valence-electron chi connectivity index (χ3n) is 12.2. The molecule has 0 saturated carbocycles. The molecule has 3 aromatic carbocycles. The highest BCUT2D eigenvalue weighted by Crippen LogP contribution is 2.39. The maximum Gasteiger partial charge on any atom is 0.329 e. The minimum Gasteiger partial charge on any atom is -0.372 e. The van der Waals surface area contributed by atoms with E-state index in [-0.39, 0.29) is 36.3 Å². The number of nitrogens with zero attached hydrogens (tertiary/aromatic N) is 3. The van der Waals surface area contributed by atoms with Crippen molar-refractivity contribution in [2.75, 3.05) is 4.90 Å². The van der Waals surface area contributed by atoms with Crippen LogP contribution in [-0.2, 0) is 68.0 Å². The number of nitrogens with two attached hydrogens (primary N) is 2.